The van der Waals surface area contributed by atoms with Crippen LogP contribution in [0.1, 0.15) is 34.5 Å². The number of nitrogens with zero attached hydrogens (tertiary/aromatic N) is 3. The minimum atomic E-state index is -0.642. The van der Waals surface area contributed by atoms with Crippen LogP contribution in [-0.4, -0.2) is 27.2 Å². The van der Waals surface area contributed by atoms with Gasteiger partial charge in [-0.1, -0.05) is 12.1 Å². The number of amides is 2. The van der Waals surface area contributed by atoms with Gasteiger partial charge in [0.1, 0.15) is 12.3 Å². The summed E-state index contributed by atoms with van der Waals surface area (Å²) in [6.45, 7) is 1.70. The maximum absolute atomic E-state index is 12.4. The van der Waals surface area contributed by atoms with Crippen molar-refractivity contribution in [2.75, 3.05) is 4.90 Å². The number of carbonyl (C=O) groups is 3. The number of benzene rings is 1. The van der Waals surface area contributed by atoms with Crippen LogP contribution in [0.4, 0.5) is 5.69 Å². The molecule has 0 spiro atoms. The lowest BCUT2D eigenvalue weighted by Crippen LogP contribution is -2.28. The molecule has 0 radical (unpaired) electrons. The summed E-state index contributed by atoms with van der Waals surface area (Å²) >= 11 is 0. The molecule has 1 fully saturated rings. The van der Waals surface area contributed by atoms with Crippen molar-refractivity contribution in [3.05, 3.63) is 75.8 Å². The maximum Gasteiger partial charge on any atom is 0.338 e. The van der Waals surface area contributed by atoms with Crippen LogP contribution in [0.5, 0.6) is 0 Å². The Kier molecular flexibility index (Phi) is 4.67. The van der Waals surface area contributed by atoms with E-state index in [0.29, 0.717) is 17.0 Å². The molecule has 2 amide bonds. The molecular weight excluding hydrogens is 374 g/mol. The lowest BCUT2D eigenvalue weighted by Gasteiger charge is -2.14. The number of rotatable bonds is 4. The second-order valence-electron chi connectivity index (χ2n) is 6.77. The zero-order valence-corrected chi connectivity index (χ0v) is 15.6. The average Bonchev–Trinajstić information content (AvgIpc) is 3.05. The Balaban J connectivity index is 1.52. The highest BCUT2D eigenvalue weighted by atomic mass is 16.5. The quantitative estimate of drug-likeness (QED) is 0.498. The highest BCUT2D eigenvalue weighted by molar-refractivity contribution is 6.20. The molecule has 8 heteroatoms. The second kappa shape index (κ2) is 7.31. The fourth-order valence-electron chi connectivity index (χ4n) is 3.19. The van der Waals surface area contributed by atoms with Gasteiger partial charge in [-0.05, 0) is 36.8 Å². The predicted octanol–water partition coefficient (Wildman–Crippen LogP) is 2.01. The second-order valence-corrected chi connectivity index (χ2v) is 6.77. The molecule has 1 aromatic carbocycles. The van der Waals surface area contributed by atoms with Crippen molar-refractivity contribution in [3.63, 3.8) is 0 Å². The van der Waals surface area contributed by atoms with E-state index >= 15 is 0 Å². The van der Waals surface area contributed by atoms with Gasteiger partial charge in [-0.2, -0.15) is 0 Å². The van der Waals surface area contributed by atoms with Crippen LogP contribution < -0.4 is 10.5 Å². The summed E-state index contributed by atoms with van der Waals surface area (Å²) < 4.78 is 6.70. The van der Waals surface area contributed by atoms with Crippen molar-refractivity contribution in [1.29, 1.82) is 0 Å². The zero-order valence-electron chi connectivity index (χ0n) is 15.6. The Labute approximate surface area is 165 Å². The number of pyridine rings is 1. The lowest BCUT2D eigenvalue weighted by atomic mass is 10.2. The molecule has 8 nitrogen and oxygen atoms in total. The predicted molar refractivity (Wildman–Crippen MR) is 103 cm³/mol. The van der Waals surface area contributed by atoms with Gasteiger partial charge >= 0.3 is 5.97 Å². The summed E-state index contributed by atoms with van der Waals surface area (Å²) in [5, 5.41) is 0. The SMILES string of the molecule is Cc1ccc2nc(COC(=O)c3cccc(N4C(=O)CCC4=O)c3)cc(=O)n2c1. The van der Waals surface area contributed by atoms with Gasteiger partial charge in [0.2, 0.25) is 11.8 Å². The van der Waals surface area contributed by atoms with Crippen LogP contribution >= 0.6 is 0 Å². The van der Waals surface area contributed by atoms with Gasteiger partial charge in [-0.3, -0.25) is 23.7 Å². The zero-order chi connectivity index (χ0) is 20.5. The van der Waals surface area contributed by atoms with Crippen LogP contribution in [0, 0.1) is 6.92 Å². The molecule has 3 heterocycles. The summed E-state index contributed by atoms with van der Waals surface area (Å²) in [5.41, 5.74) is 1.98. The van der Waals surface area contributed by atoms with Gasteiger partial charge in [0.15, 0.2) is 0 Å². The van der Waals surface area contributed by atoms with Crippen molar-refractivity contribution in [2.24, 2.45) is 0 Å². The van der Waals surface area contributed by atoms with Gasteiger partial charge in [0.05, 0.1) is 16.9 Å². The largest absolute Gasteiger partial charge is 0.456 e. The number of imide groups is 1. The van der Waals surface area contributed by atoms with Crippen molar-refractivity contribution >= 4 is 29.1 Å². The van der Waals surface area contributed by atoms with E-state index in [1.165, 1.54) is 22.6 Å². The fourth-order valence-corrected chi connectivity index (χ4v) is 3.19. The molecule has 4 rings (SSSR count). The summed E-state index contributed by atoms with van der Waals surface area (Å²) in [4.78, 5) is 53.8. The highest BCUT2D eigenvalue weighted by Gasteiger charge is 2.30. The first-order valence-corrected chi connectivity index (χ1v) is 9.04. The first kappa shape index (κ1) is 18.5. The van der Waals surface area contributed by atoms with Crippen molar-refractivity contribution < 1.29 is 19.1 Å². The number of fused-ring (bicyclic) bond motifs is 1. The molecule has 1 saturated heterocycles. The third kappa shape index (κ3) is 3.64. The molecule has 3 aromatic rings. The summed E-state index contributed by atoms with van der Waals surface area (Å²) in [7, 11) is 0. The summed E-state index contributed by atoms with van der Waals surface area (Å²) in [5.74, 6) is -1.23. The van der Waals surface area contributed by atoms with Crippen LogP contribution in [0.15, 0.2) is 53.5 Å². The Morgan fingerprint density at radius 2 is 1.83 bits per heavy atom. The van der Waals surface area contributed by atoms with E-state index in [2.05, 4.69) is 4.98 Å². The maximum atomic E-state index is 12.4. The van der Waals surface area contributed by atoms with E-state index in [9.17, 15) is 19.2 Å². The molecule has 146 valence electrons. The first-order chi connectivity index (χ1) is 13.9. The van der Waals surface area contributed by atoms with Gasteiger partial charge in [-0.15, -0.1) is 0 Å². The topological polar surface area (TPSA) is 98.0 Å². The molecule has 2 aromatic heterocycles. The minimum Gasteiger partial charge on any atom is -0.456 e. The van der Waals surface area contributed by atoms with E-state index in [-0.39, 0.29) is 42.4 Å². The van der Waals surface area contributed by atoms with Gasteiger partial charge in [0.25, 0.3) is 5.56 Å². The molecule has 0 N–H and O–H groups in total. The highest BCUT2D eigenvalue weighted by Crippen LogP contribution is 2.23. The molecule has 1 aliphatic rings. The standard InChI is InChI=1S/C21H17N3O5/c1-13-5-6-17-22-15(10-20(27)23(17)11-13)12-29-21(28)14-3-2-4-16(9-14)24-18(25)7-8-19(24)26/h2-6,9-11H,7-8,12H2,1H3. The van der Waals surface area contributed by atoms with Crippen molar-refractivity contribution in [1.82, 2.24) is 9.38 Å². The number of esters is 1. The third-order valence-electron chi connectivity index (χ3n) is 4.60. The van der Waals surface area contributed by atoms with Gasteiger partial charge < -0.3 is 4.74 Å². The van der Waals surface area contributed by atoms with E-state index in [1.54, 1.807) is 24.4 Å². The fraction of sp³-hybridized carbons (Fsp3) is 0.190. The molecule has 0 atom stereocenters. The Morgan fingerprint density at radius 3 is 2.59 bits per heavy atom. The Hall–Kier alpha value is -3.81. The van der Waals surface area contributed by atoms with Crippen LogP contribution in [0.2, 0.25) is 0 Å². The van der Waals surface area contributed by atoms with Crippen molar-refractivity contribution in [2.45, 2.75) is 26.4 Å². The minimum absolute atomic E-state index is 0.163. The van der Waals surface area contributed by atoms with Gasteiger partial charge in [0, 0.05) is 25.1 Å². The van der Waals surface area contributed by atoms with E-state index in [4.69, 9.17) is 4.74 Å². The molecule has 29 heavy (non-hydrogen) atoms. The first-order valence-electron chi connectivity index (χ1n) is 9.04. The summed E-state index contributed by atoms with van der Waals surface area (Å²) in [6.07, 6.45) is 2.01. The normalized spacial score (nSPS) is 13.9. The molecule has 1 aliphatic heterocycles. The lowest BCUT2D eigenvalue weighted by molar-refractivity contribution is -0.121. The Morgan fingerprint density at radius 1 is 1.07 bits per heavy atom. The molecular formula is C21H17N3O5. The van der Waals surface area contributed by atoms with E-state index < -0.39 is 5.97 Å². The van der Waals surface area contributed by atoms with Crippen LogP contribution in [0.25, 0.3) is 5.65 Å². The number of hydrogen-bond donors (Lipinski definition) is 0. The number of ether oxygens (including phenoxy) is 1. The van der Waals surface area contributed by atoms with E-state index in [0.717, 1.165) is 10.5 Å². The Bertz CT molecular complexity index is 1200. The van der Waals surface area contributed by atoms with Crippen molar-refractivity contribution in [3.8, 4) is 0 Å². The smallest absolute Gasteiger partial charge is 0.338 e. The van der Waals surface area contributed by atoms with Crippen LogP contribution in [-0.2, 0) is 20.9 Å². The average molecular weight is 391 g/mol. The van der Waals surface area contributed by atoms with Crippen LogP contribution in [0.3, 0.4) is 0 Å². The molecule has 0 saturated carbocycles. The summed E-state index contributed by atoms with van der Waals surface area (Å²) in [6, 6.07) is 11.0. The van der Waals surface area contributed by atoms with E-state index in [1.807, 2.05) is 13.0 Å². The third-order valence-corrected chi connectivity index (χ3v) is 4.60. The molecule has 0 unspecified atom stereocenters. The number of hydrogen-bond acceptors (Lipinski definition) is 6. The number of aromatic nitrogens is 2. The molecule has 0 aliphatic carbocycles. The number of aryl methyl sites for hydroxylation is 1. The monoisotopic (exact) mass is 391 g/mol. The van der Waals surface area contributed by atoms with Gasteiger partial charge in [-0.25, -0.2) is 9.78 Å². The number of anilines is 1. The molecule has 0 bridgehead atoms. The number of carbonyl (C=O) groups excluding carboxylic acids is 3.